The van der Waals surface area contributed by atoms with E-state index < -0.39 is 0 Å². The maximum Gasteiger partial charge on any atom is 0.101 e. The second-order valence-corrected chi connectivity index (χ2v) is 8.18. The van der Waals surface area contributed by atoms with E-state index in [1.807, 2.05) is 54.4 Å². The van der Waals surface area contributed by atoms with Gasteiger partial charge in [0.25, 0.3) is 0 Å². The lowest BCUT2D eigenvalue weighted by Gasteiger charge is -2.09. The van der Waals surface area contributed by atoms with E-state index in [1.165, 1.54) is 15.4 Å². The zero-order chi connectivity index (χ0) is 16.8. The van der Waals surface area contributed by atoms with Gasteiger partial charge in [-0.05, 0) is 66.6 Å². The molecule has 0 bridgehead atoms. The Morgan fingerprint density at radius 1 is 0.875 bits per heavy atom. The van der Waals surface area contributed by atoms with Gasteiger partial charge in [0.05, 0.1) is 0 Å². The zero-order valence-electron chi connectivity index (χ0n) is 12.8. The lowest BCUT2D eigenvalue weighted by atomic mass is 10.2. The lowest BCUT2D eigenvalue weighted by Crippen LogP contribution is -1.92. The molecule has 0 saturated carbocycles. The van der Waals surface area contributed by atoms with E-state index in [-0.39, 0.29) is 0 Å². The van der Waals surface area contributed by atoms with Crippen molar-refractivity contribution >= 4 is 46.7 Å². The Morgan fingerprint density at radius 3 is 2.42 bits per heavy atom. The minimum absolute atomic E-state index is 0.767. The van der Waals surface area contributed by atoms with Crippen molar-refractivity contribution in [1.82, 2.24) is 4.98 Å². The smallest absolute Gasteiger partial charge is 0.101 e. The fraction of sp³-hybridized carbons (Fsp3) is 0.105. The first-order chi connectivity index (χ1) is 11.7. The summed E-state index contributed by atoms with van der Waals surface area (Å²) < 4.78 is 0. The van der Waals surface area contributed by atoms with Crippen LogP contribution in [0.5, 0.6) is 0 Å². The van der Waals surface area contributed by atoms with E-state index in [9.17, 15) is 0 Å². The highest BCUT2D eigenvalue weighted by atomic mass is 35.5. The third-order valence-electron chi connectivity index (χ3n) is 3.33. The van der Waals surface area contributed by atoms with Gasteiger partial charge in [-0.3, -0.25) is 0 Å². The molecule has 0 atom stereocenters. The third-order valence-corrected chi connectivity index (χ3v) is 5.90. The molecule has 0 unspecified atom stereocenters. The number of pyridine rings is 1. The normalized spacial score (nSPS) is 10.8. The highest BCUT2D eigenvalue weighted by Gasteiger charge is 2.07. The summed E-state index contributed by atoms with van der Waals surface area (Å²) in [4.78, 5) is 6.81. The van der Waals surface area contributed by atoms with Gasteiger partial charge in [0.1, 0.15) is 5.03 Å². The van der Waals surface area contributed by atoms with E-state index >= 15 is 0 Å². The van der Waals surface area contributed by atoms with Crippen LogP contribution in [0.25, 0.3) is 0 Å². The first-order valence-electron chi connectivity index (χ1n) is 7.46. The quantitative estimate of drug-likeness (QED) is 0.425. The van der Waals surface area contributed by atoms with Crippen molar-refractivity contribution in [3.05, 3.63) is 82.5 Å². The molecule has 0 radical (unpaired) electrons. The second kappa shape index (κ2) is 8.82. The van der Waals surface area contributed by atoms with Crippen molar-refractivity contribution in [2.45, 2.75) is 21.2 Å². The number of halogens is 2. The highest BCUT2D eigenvalue weighted by molar-refractivity contribution is 7.99. The maximum absolute atomic E-state index is 6.19. The Kier molecular flexibility index (Phi) is 6.50. The van der Waals surface area contributed by atoms with Gasteiger partial charge in [-0.2, -0.15) is 0 Å². The van der Waals surface area contributed by atoms with Crippen molar-refractivity contribution in [1.29, 1.82) is 0 Å². The lowest BCUT2D eigenvalue weighted by molar-refractivity contribution is 1.08. The first kappa shape index (κ1) is 17.7. The van der Waals surface area contributed by atoms with E-state index in [4.69, 9.17) is 23.2 Å². The fourth-order valence-electron chi connectivity index (χ4n) is 2.17. The SMILES string of the molecule is Clc1ccc(SCCc2cc(Cl)ccc2Sc2ccccn2)cc1. The largest absolute Gasteiger partial charge is 0.250 e. The van der Waals surface area contributed by atoms with Gasteiger partial charge < -0.3 is 0 Å². The molecule has 122 valence electrons. The fourth-order valence-corrected chi connectivity index (χ4v) is 4.29. The Balaban J connectivity index is 1.67. The summed E-state index contributed by atoms with van der Waals surface area (Å²) in [6.07, 6.45) is 2.76. The molecule has 24 heavy (non-hydrogen) atoms. The number of aromatic nitrogens is 1. The third kappa shape index (κ3) is 5.18. The van der Waals surface area contributed by atoms with E-state index in [0.717, 1.165) is 27.2 Å². The summed E-state index contributed by atoms with van der Waals surface area (Å²) in [5, 5.41) is 2.53. The number of nitrogens with zero attached hydrogens (tertiary/aromatic N) is 1. The van der Waals surface area contributed by atoms with E-state index in [0.29, 0.717) is 0 Å². The molecular weight excluding hydrogens is 377 g/mol. The average Bonchev–Trinajstić information content (AvgIpc) is 2.60. The summed E-state index contributed by atoms with van der Waals surface area (Å²) in [5.74, 6) is 0.984. The molecule has 0 amide bonds. The van der Waals surface area contributed by atoms with Gasteiger partial charge >= 0.3 is 0 Å². The highest BCUT2D eigenvalue weighted by Crippen LogP contribution is 2.32. The number of rotatable bonds is 6. The van der Waals surface area contributed by atoms with Gasteiger partial charge in [0.2, 0.25) is 0 Å². The predicted octanol–water partition coefficient (Wildman–Crippen LogP) is 6.87. The number of thioether (sulfide) groups is 1. The van der Waals surface area contributed by atoms with Crippen LogP contribution < -0.4 is 0 Å². The molecule has 0 fully saturated rings. The molecule has 3 aromatic rings. The van der Waals surface area contributed by atoms with Gasteiger partial charge in [0, 0.05) is 31.8 Å². The van der Waals surface area contributed by atoms with E-state index in [1.54, 1.807) is 11.8 Å². The van der Waals surface area contributed by atoms with Gasteiger partial charge in [0.15, 0.2) is 0 Å². The summed E-state index contributed by atoms with van der Waals surface area (Å²) in [6, 6.07) is 19.9. The summed E-state index contributed by atoms with van der Waals surface area (Å²) >= 11 is 15.6. The van der Waals surface area contributed by atoms with Crippen molar-refractivity contribution in [2.24, 2.45) is 0 Å². The van der Waals surface area contributed by atoms with Crippen molar-refractivity contribution in [3.8, 4) is 0 Å². The Hall–Kier alpha value is -1.13. The van der Waals surface area contributed by atoms with Crippen LogP contribution in [0.4, 0.5) is 0 Å². The van der Waals surface area contributed by atoms with Crippen LogP contribution >= 0.6 is 46.7 Å². The maximum atomic E-state index is 6.19. The minimum atomic E-state index is 0.767. The number of hydrogen-bond donors (Lipinski definition) is 0. The molecule has 0 N–H and O–H groups in total. The van der Waals surface area contributed by atoms with Crippen LogP contribution in [0.2, 0.25) is 10.0 Å². The van der Waals surface area contributed by atoms with E-state index in [2.05, 4.69) is 29.2 Å². The molecule has 0 aliphatic rings. The summed E-state index contributed by atoms with van der Waals surface area (Å²) in [6.45, 7) is 0. The monoisotopic (exact) mass is 391 g/mol. The van der Waals surface area contributed by atoms with Crippen LogP contribution in [0, 0.1) is 0 Å². The van der Waals surface area contributed by atoms with Crippen LogP contribution in [0.1, 0.15) is 5.56 Å². The molecule has 1 nitrogen and oxygen atoms in total. The van der Waals surface area contributed by atoms with Crippen LogP contribution in [0.3, 0.4) is 0 Å². The molecule has 1 heterocycles. The Bertz CT molecular complexity index is 792. The Morgan fingerprint density at radius 2 is 1.67 bits per heavy atom. The molecule has 0 aliphatic heterocycles. The molecule has 0 spiro atoms. The summed E-state index contributed by atoms with van der Waals surface area (Å²) in [7, 11) is 0. The number of hydrogen-bond acceptors (Lipinski definition) is 3. The van der Waals surface area contributed by atoms with Gasteiger partial charge in [-0.1, -0.05) is 41.0 Å². The number of benzene rings is 2. The van der Waals surface area contributed by atoms with Gasteiger partial charge in [-0.15, -0.1) is 11.8 Å². The van der Waals surface area contributed by atoms with Crippen molar-refractivity contribution in [3.63, 3.8) is 0 Å². The zero-order valence-corrected chi connectivity index (χ0v) is 15.9. The standard InChI is InChI=1S/C19H15Cl2NS2/c20-15-4-7-17(8-5-15)23-12-10-14-13-16(21)6-9-18(14)24-19-3-1-2-11-22-19/h1-9,11,13H,10,12H2. The number of aryl methyl sites for hydroxylation is 1. The average molecular weight is 392 g/mol. The molecular formula is C19H15Cl2NS2. The summed E-state index contributed by atoms with van der Waals surface area (Å²) in [5.41, 5.74) is 1.25. The topological polar surface area (TPSA) is 12.9 Å². The first-order valence-corrected chi connectivity index (χ1v) is 10.0. The predicted molar refractivity (Wildman–Crippen MR) is 106 cm³/mol. The van der Waals surface area contributed by atoms with Crippen LogP contribution in [-0.2, 0) is 6.42 Å². The minimum Gasteiger partial charge on any atom is -0.250 e. The molecule has 0 aliphatic carbocycles. The van der Waals surface area contributed by atoms with Gasteiger partial charge in [-0.25, -0.2) is 4.98 Å². The molecule has 1 aromatic heterocycles. The van der Waals surface area contributed by atoms with Crippen molar-refractivity contribution in [2.75, 3.05) is 5.75 Å². The van der Waals surface area contributed by atoms with Crippen LogP contribution in [0.15, 0.2) is 81.7 Å². The molecule has 2 aromatic carbocycles. The molecule has 0 saturated heterocycles. The Labute approximate surface area is 160 Å². The van der Waals surface area contributed by atoms with Crippen molar-refractivity contribution < 1.29 is 0 Å². The van der Waals surface area contributed by atoms with Crippen LogP contribution in [-0.4, -0.2) is 10.7 Å². The second-order valence-electron chi connectivity index (χ2n) is 5.07. The molecule has 3 rings (SSSR count). The molecule has 5 heteroatoms.